The highest BCUT2D eigenvalue weighted by Gasteiger charge is 2.30. The van der Waals surface area contributed by atoms with E-state index in [9.17, 15) is 18.4 Å². The number of likely N-dealkylation sites (tertiary alicyclic amines) is 1. The maximum Gasteiger partial charge on any atom is 0.257 e. The Hall–Kier alpha value is -3.35. The standard InChI is InChI=1S/C24H23F2N3O2/c1-15-3-5-16(6-4-15)23(30)17-9-11-29(12-10-17)24(31)20-14-28(2)27-22(20)19-8-7-18(25)13-21(19)26/h3-8,13-14,17H,9-12H2,1-2H3. The normalized spacial score (nSPS) is 14.6. The molecule has 3 aromatic rings. The molecule has 31 heavy (non-hydrogen) atoms. The summed E-state index contributed by atoms with van der Waals surface area (Å²) in [6.07, 6.45) is 2.68. The van der Waals surface area contributed by atoms with Crippen molar-refractivity contribution < 1.29 is 18.4 Å². The van der Waals surface area contributed by atoms with Crippen LogP contribution in [0.3, 0.4) is 0 Å². The summed E-state index contributed by atoms with van der Waals surface area (Å²) in [5.74, 6) is -1.76. The summed E-state index contributed by atoms with van der Waals surface area (Å²) in [5.41, 5.74) is 2.31. The number of hydrogen-bond acceptors (Lipinski definition) is 3. The smallest absolute Gasteiger partial charge is 0.257 e. The van der Waals surface area contributed by atoms with Crippen LogP contribution in [0.15, 0.2) is 48.7 Å². The van der Waals surface area contributed by atoms with Crippen molar-refractivity contribution in [3.63, 3.8) is 0 Å². The van der Waals surface area contributed by atoms with Gasteiger partial charge in [-0.15, -0.1) is 0 Å². The number of halogens is 2. The number of aryl methyl sites for hydroxylation is 2. The fraction of sp³-hybridized carbons (Fsp3) is 0.292. The average molecular weight is 423 g/mol. The predicted octanol–water partition coefficient (Wildman–Crippen LogP) is 4.41. The second-order valence-electron chi connectivity index (χ2n) is 7.99. The maximum atomic E-state index is 14.3. The molecule has 0 unspecified atom stereocenters. The van der Waals surface area contributed by atoms with Gasteiger partial charge in [0.1, 0.15) is 17.3 Å². The number of benzene rings is 2. The zero-order chi connectivity index (χ0) is 22.1. The fourth-order valence-electron chi connectivity index (χ4n) is 3.99. The van der Waals surface area contributed by atoms with E-state index in [-0.39, 0.29) is 34.4 Å². The van der Waals surface area contributed by atoms with E-state index in [0.29, 0.717) is 31.5 Å². The Morgan fingerprint density at radius 3 is 2.35 bits per heavy atom. The molecule has 160 valence electrons. The summed E-state index contributed by atoms with van der Waals surface area (Å²) in [5, 5.41) is 4.23. The summed E-state index contributed by atoms with van der Waals surface area (Å²) in [6.45, 7) is 2.84. The summed E-state index contributed by atoms with van der Waals surface area (Å²) in [7, 11) is 1.65. The van der Waals surface area contributed by atoms with Gasteiger partial charge in [0.05, 0.1) is 5.56 Å². The molecular formula is C24H23F2N3O2. The van der Waals surface area contributed by atoms with Gasteiger partial charge in [0.15, 0.2) is 5.78 Å². The molecule has 1 aliphatic rings. The van der Waals surface area contributed by atoms with Crippen LogP contribution in [0.5, 0.6) is 0 Å². The first-order chi connectivity index (χ1) is 14.8. The van der Waals surface area contributed by atoms with Gasteiger partial charge in [0.25, 0.3) is 5.91 Å². The van der Waals surface area contributed by atoms with Crippen molar-refractivity contribution in [3.05, 3.63) is 77.0 Å². The number of rotatable bonds is 4. The molecule has 4 rings (SSSR count). The van der Waals surface area contributed by atoms with Crippen LogP contribution >= 0.6 is 0 Å². The summed E-state index contributed by atoms with van der Waals surface area (Å²) in [4.78, 5) is 27.6. The average Bonchev–Trinajstić information content (AvgIpc) is 3.14. The molecular weight excluding hydrogens is 400 g/mol. The highest BCUT2D eigenvalue weighted by atomic mass is 19.1. The second kappa shape index (κ2) is 8.41. The van der Waals surface area contributed by atoms with Gasteiger partial charge in [-0.2, -0.15) is 5.10 Å². The number of aromatic nitrogens is 2. The van der Waals surface area contributed by atoms with Gasteiger partial charge in [-0.05, 0) is 31.9 Å². The molecule has 2 aromatic carbocycles. The van der Waals surface area contributed by atoms with Crippen molar-refractivity contribution in [2.24, 2.45) is 13.0 Å². The van der Waals surface area contributed by atoms with Crippen molar-refractivity contribution in [1.82, 2.24) is 14.7 Å². The lowest BCUT2D eigenvalue weighted by molar-refractivity contribution is 0.0651. The first kappa shape index (κ1) is 20.9. The van der Waals surface area contributed by atoms with Crippen molar-refractivity contribution in [2.45, 2.75) is 19.8 Å². The molecule has 2 heterocycles. The summed E-state index contributed by atoms with van der Waals surface area (Å²) < 4.78 is 29.0. The third kappa shape index (κ3) is 4.26. The fourth-order valence-corrected chi connectivity index (χ4v) is 3.99. The number of amides is 1. The number of Topliss-reactive ketones (excluding diaryl/α,β-unsaturated/α-hetero) is 1. The third-order valence-electron chi connectivity index (χ3n) is 5.73. The zero-order valence-electron chi connectivity index (χ0n) is 17.4. The van der Waals surface area contributed by atoms with Crippen molar-refractivity contribution in [2.75, 3.05) is 13.1 Å². The van der Waals surface area contributed by atoms with Gasteiger partial charge in [-0.1, -0.05) is 29.8 Å². The first-order valence-electron chi connectivity index (χ1n) is 10.2. The minimum Gasteiger partial charge on any atom is -0.338 e. The van der Waals surface area contributed by atoms with E-state index in [1.54, 1.807) is 18.1 Å². The molecule has 1 aliphatic heterocycles. The minimum absolute atomic E-state index is 0.0785. The first-order valence-corrected chi connectivity index (χ1v) is 10.2. The maximum absolute atomic E-state index is 14.3. The molecule has 1 aromatic heterocycles. The lowest BCUT2D eigenvalue weighted by Gasteiger charge is -2.31. The lowest BCUT2D eigenvalue weighted by atomic mass is 9.88. The van der Waals surface area contributed by atoms with Crippen molar-refractivity contribution in [1.29, 1.82) is 0 Å². The molecule has 0 spiro atoms. The van der Waals surface area contributed by atoms with Gasteiger partial charge in [0, 0.05) is 49.4 Å². The monoisotopic (exact) mass is 423 g/mol. The Bertz CT molecular complexity index is 1130. The number of hydrogen-bond donors (Lipinski definition) is 0. The Morgan fingerprint density at radius 2 is 1.71 bits per heavy atom. The molecule has 1 saturated heterocycles. The van der Waals surface area contributed by atoms with E-state index in [1.165, 1.54) is 10.7 Å². The van der Waals surface area contributed by atoms with Gasteiger partial charge in [-0.3, -0.25) is 14.3 Å². The molecule has 1 amide bonds. The number of nitrogens with zero attached hydrogens (tertiary/aromatic N) is 3. The van der Waals surface area contributed by atoms with E-state index in [1.807, 2.05) is 31.2 Å². The number of carbonyl (C=O) groups is 2. The van der Waals surface area contributed by atoms with Crippen LogP contribution in [0.4, 0.5) is 8.78 Å². The van der Waals surface area contributed by atoms with Gasteiger partial charge >= 0.3 is 0 Å². The SMILES string of the molecule is Cc1ccc(C(=O)C2CCN(C(=O)c3cn(C)nc3-c3ccc(F)cc3F)CC2)cc1. The van der Waals surface area contributed by atoms with Crippen LogP contribution in [0, 0.1) is 24.5 Å². The molecule has 5 nitrogen and oxygen atoms in total. The van der Waals surface area contributed by atoms with Gasteiger partial charge < -0.3 is 4.90 Å². The quantitative estimate of drug-likeness (QED) is 0.584. The molecule has 0 radical (unpaired) electrons. The van der Waals surface area contributed by atoms with Crippen LogP contribution in [-0.4, -0.2) is 39.5 Å². The molecule has 1 fully saturated rings. The Kier molecular flexibility index (Phi) is 5.67. The van der Waals surface area contributed by atoms with E-state index >= 15 is 0 Å². The molecule has 0 aliphatic carbocycles. The van der Waals surface area contributed by atoms with Crippen LogP contribution in [0.1, 0.15) is 39.1 Å². The Morgan fingerprint density at radius 1 is 1.03 bits per heavy atom. The Balaban J connectivity index is 1.49. The second-order valence-corrected chi connectivity index (χ2v) is 7.99. The number of piperidine rings is 1. The number of carbonyl (C=O) groups excluding carboxylic acids is 2. The highest BCUT2D eigenvalue weighted by Crippen LogP contribution is 2.28. The van der Waals surface area contributed by atoms with E-state index in [0.717, 1.165) is 17.7 Å². The minimum atomic E-state index is -0.768. The highest BCUT2D eigenvalue weighted by molar-refractivity contribution is 6.00. The van der Waals surface area contributed by atoms with Crippen LogP contribution < -0.4 is 0 Å². The third-order valence-corrected chi connectivity index (χ3v) is 5.73. The van der Waals surface area contributed by atoms with Gasteiger partial charge in [-0.25, -0.2) is 8.78 Å². The van der Waals surface area contributed by atoms with Crippen LogP contribution in [0.25, 0.3) is 11.3 Å². The van der Waals surface area contributed by atoms with Gasteiger partial charge in [0.2, 0.25) is 0 Å². The molecule has 0 atom stereocenters. The Labute approximate surface area is 179 Å². The molecule has 7 heteroatoms. The van der Waals surface area contributed by atoms with E-state index in [4.69, 9.17) is 0 Å². The van der Waals surface area contributed by atoms with Crippen molar-refractivity contribution >= 4 is 11.7 Å². The molecule has 0 N–H and O–H groups in total. The predicted molar refractivity (Wildman–Crippen MR) is 113 cm³/mol. The lowest BCUT2D eigenvalue weighted by Crippen LogP contribution is -2.40. The van der Waals surface area contributed by atoms with Crippen molar-refractivity contribution in [3.8, 4) is 11.3 Å². The number of ketones is 1. The zero-order valence-corrected chi connectivity index (χ0v) is 17.4. The van der Waals surface area contributed by atoms with E-state index in [2.05, 4.69) is 5.10 Å². The molecule has 0 bridgehead atoms. The summed E-state index contributed by atoms with van der Waals surface area (Å²) in [6, 6.07) is 10.7. The molecule has 0 saturated carbocycles. The summed E-state index contributed by atoms with van der Waals surface area (Å²) >= 11 is 0. The van der Waals surface area contributed by atoms with E-state index < -0.39 is 11.6 Å². The topological polar surface area (TPSA) is 55.2 Å². The van der Waals surface area contributed by atoms with Crippen LogP contribution in [0.2, 0.25) is 0 Å². The van der Waals surface area contributed by atoms with Crippen LogP contribution in [-0.2, 0) is 7.05 Å². The largest absolute Gasteiger partial charge is 0.338 e.